The van der Waals surface area contributed by atoms with Crippen LogP contribution >= 0.6 is 0 Å². The van der Waals surface area contributed by atoms with E-state index in [9.17, 15) is 40.2 Å². The SMILES string of the molecule is O=C(C=Cc1ccccc1)OCC1OC(Oc2cc(O)c3c(c2)OC(c2ccc(O)c(O)c2)CC3=O)C(O)C(O)C1O. The molecule has 0 amide bonds. The van der Waals surface area contributed by atoms with Gasteiger partial charge in [-0.25, -0.2) is 4.79 Å². The number of aliphatic hydroxyl groups excluding tert-OH is 3. The number of esters is 1. The first kappa shape index (κ1) is 28.9. The molecule has 0 aliphatic carbocycles. The lowest BCUT2D eigenvalue weighted by Gasteiger charge is -2.40. The van der Waals surface area contributed by atoms with E-state index in [1.54, 1.807) is 24.3 Å². The van der Waals surface area contributed by atoms with E-state index in [-0.39, 0.29) is 29.2 Å². The second kappa shape index (κ2) is 12.1. The van der Waals surface area contributed by atoms with Crippen molar-refractivity contribution >= 4 is 17.8 Å². The normalized spacial score (nSPS) is 25.5. The maximum atomic E-state index is 12.8. The number of carbonyl (C=O) groups is 2. The fourth-order valence-corrected chi connectivity index (χ4v) is 4.64. The molecule has 5 rings (SSSR count). The average Bonchev–Trinajstić information content (AvgIpc) is 2.97. The minimum atomic E-state index is -1.74. The van der Waals surface area contributed by atoms with Gasteiger partial charge in [-0.3, -0.25) is 4.79 Å². The van der Waals surface area contributed by atoms with Gasteiger partial charge in [0.05, 0.1) is 6.42 Å². The van der Waals surface area contributed by atoms with Gasteiger partial charge in [0, 0.05) is 18.2 Å². The number of hydrogen-bond donors (Lipinski definition) is 6. The predicted molar refractivity (Wildman–Crippen MR) is 144 cm³/mol. The van der Waals surface area contributed by atoms with E-state index in [4.69, 9.17) is 18.9 Å². The molecule has 0 aromatic heterocycles. The van der Waals surface area contributed by atoms with Crippen molar-refractivity contribution in [3.05, 3.63) is 83.4 Å². The molecule has 0 bridgehead atoms. The summed E-state index contributed by atoms with van der Waals surface area (Å²) in [6, 6.07) is 15.4. The number of carbonyl (C=O) groups excluding carboxylic acids is 2. The first-order valence-electron chi connectivity index (χ1n) is 13.0. The van der Waals surface area contributed by atoms with Crippen molar-refractivity contribution in [3.63, 3.8) is 0 Å². The van der Waals surface area contributed by atoms with Crippen LogP contribution in [0, 0.1) is 0 Å². The van der Waals surface area contributed by atoms with Gasteiger partial charge in [-0.1, -0.05) is 36.4 Å². The molecule has 2 aliphatic heterocycles. The molecule has 0 spiro atoms. The third-order valence-corrected chi connectivity index (χ3v) is 6.87. The van der Waals surface area contributed by atoms with Gasteiger partial charge in [0.15, 0.2) is 17.3 Å². The minimum Gasteiger partial charge on any atom is -0.507 e. The summed E-state index contributed by atoms with van der Waals surface area (Å²) in [5, 5.41) is 61.2. The number of ketones is 1. The summed E-state index contributed by atoms with van der Waals surface area (Å²) >= 11 is 0. The van der Waals surface area contributed by atoms with E-state index in [1.807, 2.05) is 6.07 Å². The molecule has 1 fully saturated rings. The smallest absolute Gasteiger partial charge is 0.330 e. The predicted octanol–water partition coefficient (Wildman–Crippen LogP) is 1.95. The lowest BCUT2D eigenvalue weighted by molar-refractivity contribution is -0.278. The highest BCUT2D eigenvalue weighted by atomic mass is 16.7. The fourth-order valence-electron chi connectivity index (χ4n) is 4.64. The molecule has 0 saturated carbocycles. The van der Waals surface area contributed by atoms with Gasteiger partial charge in [0.25, 0.3) is 0 Å². The van der Waals surface area contributed by atoms with Gasteiger partial charge in [-0.05, 0) is 29.3 Å². The molecule has 12 heteroatoms. The zero-order valence-corrected chi connectivity index (χ0v) is 21.9. The van der Waals surface area contributed by atoms with Gasteiger partial charge in [-0.2, -0.15) is 0 Å². The van der Waals surface area contributed by atoms with Crippen LogP contribution in [-0.2, 0) is 14.3 Å². The van der Waals surface area contributed by atoms with Crippen LogP contribution in [-0.4, -0.2) is 79.7 Å². The van der Waals surface area contributed by atoms with Crippen LogP contribution < -0.4 is 9.47 Å². The van der Waals surface area contributed by atoms with E-state index < -0.39 is 66.7 Å². The largest absolute Gasteiger partial charge is 0.507 e. The molecule has 2 heterocycles. The zero-order chi connectivity index (χ0) is 30.0. The van der Waals surface area contributed by atoms with Crippen LogP contribution in [0.5, 0.6) is 28.7 Å². The number of hydrogen-bond acceptors (Lipinski definition) is 12. The number of fused-ring (bicyclic) bond motifs is 1. The van der Waals surface area contributed by atoms with Crippen LogP contribution in [0.1, 0.15) is 34.0 Å². The molecule has 6 unspecified atom stereocenters. The topological polar surface area (TPSA) is 192 Å². The van der Waals surface area contributed by atoms with E-state index in [0.29, 0.717) is 5.56 Å². The van der Waals surface area contributed by atoms with Crippen molar-refractivity contribution in [2.75, 3.05) is 6.61 Å². The summed E-state index contributed by atoms with van der Waals surface area (Å²) in [6.07, 6.45) is -6.22. The van der Waals surface area contributed by atoms with Crippen LogP contribution in [0.3, 0.4) is 0 Å². The number of Topliss-reactive ketones (excluding diaryl/α,β-unsaturated/α-hetero) is 1. The molecule has 6 N–H and O–H groups in total. The van der Waals surface area contributed by atoms with Crippen LogP contribution in [0.2, 0.25) is 0 Å². The summed E-state index contributed by atoms with van der Waals surface area (Å²) in [7, 11) is 0. The van der Waals surface area contributed by atoms with Gasteiger partial charge in [-0.15, -0.1) is 0 Å². The molecule has 3 aromatic carbocycles. The molecule has 0 radical (unpaired) electrons. The van der Waals surface area contributed by atoms with Crippen molar-refractivity contribution < 1.29 is 59.2 Å². The summed E-state index contributed by atoms with van der Waals surface area (Å²) in [5.41, 5.74) is 1.06. The Labute approximate surface area is 239 Å². The Bertz CT molecular complexity index is 1490. The highest BCUT2D eigenvalue weighted by Gasteiger charge is 2.45. The number of aliphatic hydroxyl groups is 3. The number of phenols is 3. The molecule has 6 atom stereocenters. The van der Waals surface area contributed by atoms with E-state index in [2.05, 4.69) is 0 Å². The van der Waals surface area contributed by atoms with Crippen molar-refractivity contribution in [2.45, 2.75) is 43.2 Å². The molecule has 12 nitrogen and oxygen atoms in total. The molecular formula is C30H28O12. The van der Waals surface area contributed by atoms with E-state index in [0.717, 1.165) is 11.6 Å². The molecule has 1 saturated heterocycles. The van der Waals surface area contributed by atoms with Crippen molar-refractivity contribution in [1.82, 2.24) is 0 Å². The van der Waals surface area contributed by atoms with Gasteiger partial charge in [0.2, 0.25) is 6.29 Å². The Morgan fingerprint density at radius 2 is 1.67 bits per heavy atom. The third-order valence-electron chi connectivity index (χ3n) is 6.87. The minimum absolute atomic E-state index is 0.0552. The number of benzene rings is 3. The summed E-state index contributed by atoms with van der Waals surface area (Å²) in [5.74, 6) is -2.56. The van der Waals surface area contributed by atoms with Crippen LogP contribution in [0.25, 0.3) is 6.08 Å². The molecule has 2 aliphatic rings. The van der Waals surface area contributed by atoms with E-state index in [1.165, 1.54) is 36.4 Å². The molecule has 3 aromatic rings. The lowest BCUT2D eigenvalue weighted by Crippen LogP contribution is -2.60. The second-order valence-corrected chi connectivity index (χ2v) is 9.80. The van der Waals surface area contributed by atoms with Gasteiger partial charge < -0.3 is 49.6 Å². The quantitative estimate of drug-likeness (QED) is 0.135. The maximum absolute atomic E-state index is 12.8. The molecule has 220 valence electrons. The summed E-state index contributed by atoms with van der Waals surface area (Å²) in [6.45, 7) is -0.475. The Balaban J connectivity index is 1.28. The summed E-state index contributed by atoms with van der Waals surface area (Å²) < 4.78 is 22.3. The van der Waals surface area contributed by atoms with E-state index >= 15 is 0 Å². The Morgan fingerprint density at radius 3 is 2.40 bits per heavy atom. The third kappa shape index (κ3) is 6.16. The first-order valence-corrected chi connectivity index (χ1v) is 13.0. The standard InChI is InChI=1S/C30H28O12/c31-18-8-7-16(10-19(18)32)22-13-21(34)26-20(33)11-17(12-23(26)41-22)40-30-29(38)28(37)27(36)24(42-30)14-39-25(35)9-6-15-4-2-1-3-5-15/h1-12,22,24,27-33,36-38H,13-14H2. The highest BCUT2D eigenvalue weighted by Crippen LogP contribution is 2.43. The van der Waals surface area contributed by atoms with Crippen LogP contribution in [0.15, 0.2) is 66.7 Å². The van der Waals surface area contributed by atoms with Crippen molar-refractivity contribution in [3.8, 4) is 28.7 Å². The summed E-state index contributed by atoms with van der Waals surface area (Å²) in [4.78, 5) is 25.0. The van der Waals surface area contributed by atoms with Crippen molar-refractivity contribution in [2.24, 2.45) is 0 Å². The maximum Gasteiger partial charge on any atom is 0.330 e. The molecule has 42 heavy (non-hydrogen) atoms. The number of ether oxygens (including phenoxy) is 4. The number of aromatic hydroxyl groups is 3. The Hall–Kier alpha value is -4.62. The lowest BCUT2D eigenvalue weighted by atomic mass is 9.95. The van der Waals surface area contributed by atoms with Crippen molar-refractivity contribution in [1.29, 1.82) is 0 Å². The zero-order valence-electron chi connectivity index (χ0n) is 21.9. The first-order chi connectivity index (χ1) is 20.1. The Morgan fingerprint density at radius 1 is 0.905 bits per heavy atom. The number of phenolic OH excluding ortho intramolecular Hbond substituents is 3. The monoisotopic (exact) mass is 580 g/mol. The second-order valence-electron chi connectivity index (χ2n) is 9.80. The highest BCUT2D eigenvalue weighted by molar-refractivity contribution is 6.02. The van der Waals surface area contributed by atoms with Gasteiger partial charge >= 0.3 is 5.97 Å². The Kier molecular flexibility index (Phi) is 8.31. The fraction of sp³-hybridized carbons (Fsp3) is 0.267. The van der Waals surface area contributed by atoms with Gasteiger partial charge in [0.1, 0.15) is 59.9 Å². The van der Waals surface area contributed by atoms with Crippen LogP contribution in [0.4, 0.5) is 0 Å². The molecular weight excluding hydrogens is 552 g/mol. The number of rotatable bonds is 7. The average molecular weight is 581 g/mol.